The Labute approximate surface area is 96.7 Å². The van der Waals surface area contributed by atoms with Crippen LogP contribution in [0, 0.1) is 0 Å². The summed E-state index contributed by atoms with van der Waals surface area (Å²) in [4.78, 5) is 12.6. The van der Waals surface area contributed by atoms with Crippen molar-refractivity contribution in [1.29, 1.82) is 0 Å². The quantitative estimate of drug-likeness (QED) is 0.769. The Balaban J connectivity index is 3.02. The van der Waals surface area contributed by atoms with E-state index in [9.17, 15) is 4.79 Å². The number of thiophene rings is 1. The van der Waals surface area contributed by atoms with Crippen LogP contribution in [0.3, 0.4) is 0 Å². The maximum Gasteiger partial charge on any atom is 0.130 e. The van der Waals surface area contributed by atoms with Gasteiger partial charge in [0.2, 0.25) is 0 Å². The smallest absolute Gasteiger partial charge is 0.130 e. The molecule has 0 atom stereocenters. The lowest BCUT2D eigenvalue weighted by Crippen LogP contribution is -2.14. The van der Waals surface area contributed by atoms with Crippen molar-refractivity contribution in [2.45, 2.75) is 0 Å². The molecule has 14 heavy (non-hydrogen) atoms. The van der Waals surface area contributed by atoms with E-state index in [0.29, 0.717) is 26.4 Å². The number of hydrogen-bond donors (Lipinski definition) is 0. The first-order chi connectivity index (χ1) is 6.54. The van der Waals surface area contributed by atoms with Crippen LogP contribution in [-0.2, 0) is 4.79 Å². The molecule has 2 nitrogen and oxygen atoms in total. The highest BCUT2D eigenvalue weighted by Crippen LogP contribution is 2.34. The van der Waals surface area contributed by atoms with Crippen LogP contribution in [0.2, 0.25) is 8.67 Å². The highest BCUT2D eigenvalue weighted by atomic mass is 35.5. The lowest BCUT2D eigenvalue weighted by Gasteiger charge is -2.09. The first-order valence-corrected chi connectivity index (χ1v) is 5.45. The van der Waals surface area contributed by atoms with Gasteiger partial charge in [-0.25, -0.2) is 4.79 Å². The molecule has 1 aromatic rings. The molecule has 0 saturated heterocycles. The molecule has 1 rings (SSSR count). The van der Waals surface area contributed by atoms with Crippen molar-refractivity contribution < 1.29 is 4.79 Å². The summed E-state index contributed by atoms with van der Waals surface area (Å²) in [5.74, 6) is 1.89. The van der Waals surface area contributed by atoms with Crippen LogP contribution >= 0.6 is 34.5 Å². The van der Waals surface area contributed by atoms with Crippen molar-refractivity contribution in [3.05, 3.63) is 20.3 Å². The van der Waals surface area contributed by atoms with Crippen LogP contribution < -0.4 is 0 Å². The van der Waals surface area contributed by atoms with Crippen molar-refractivity contribution in [3.8, 4) is 0 Å². The molecule has 0 spiro atoms. The Morgan fingerprint density at radius 3 is 2.57 bits per heavy atom. The van der Waals surface area contributed by atoms with Crippen LogP contribution in [0.15, 0.2) is 6.07 Å². The third-order valence-electron chi connectivity index (χ3n) is 1.58. The average molecular weight is 250 g/mol. The highest BCUT2D eigenvalue weighted by Gasteiger charge is 2.12. The van der Waals surface area contributed by atoms with E-state index < -0.39 is 0 Å². The molecular formula is C9H9Cl2NOS. The summed E-state index contributed by atoms with van der Waals surface area (Å²) >= 11 is 13.0. The van der Waals surface area contributed by atoms with Crippen molar-refractivity contribution >= 4 is 46.1 Å². The second-order valence-electron chi connectivity index (χ2n) is 3.06. The van der Waals surface area contributed by atoms with Gasteiger partial charge in [-0.1, -0.05) is 23.2 Å². The number of nitrogens with zero attached hydrogens (tertiary/aromatic N) is 1. The molecule has 0 aliphatic heterocycles. The van der Waals surface area contributed by atoms with Crippen LogP contribution in [0.1, 0.15) is 5.56 Å². The Bertz CT molecular complexity index is 380. The molecule has 1 heterocycles. The van der Waals surface area contributed by atoms with Crippen LogP contribution in [0.25, 0.3) is 5.57 Å². The van der Waals surface area contributed by atoms with Crippen LogP contribution in [-0.4, -0.2) is 31.5 Å². The molecule has 0 fully saturated rings. The van der Waals surface area contributed by atoms with Gasteiger partial charge in [-0.15, -0.1) is 11.3 Å². The molecule has 0 aliphatic carbocycles. The molecule has 5 heteroatoms. The van der Waals surface area contributed by atoms with Gasteiger partial charge in [-0.3, -0.25) is 0 Å². The predicted molar refractivity (Wildman–Crippen MR) is 62.0 cm³/mol. The van der Waals surface area contributed by atoms with Crippen LogP contribution in [0.5, 0.6) is 0 Å². The standard InChI is InChI=1S/C9H9Cl2NOS/c1-12(2)4-6(5-13)7-3-8(10)14-9(7)11/h3H,4H2,1-2H3. The fourth-order valence-electron chi connectivity index (χ4n) is 1.03. The van der Waals surface area contributed by atoms with E-state index in [1.165, 1.54) is 11.3 Å². The van der Waals surface area contributed by atoms with E-state index in [4.69, 9.17) is 23.2 Å². The first kappa shape index (κ1) is 11.8. The van der Waals surface area contributed by atoms with E-state index in [1.807, 2.05) is 24.9 Å². The van der Waals surface area contributed by atoms with Gasteiger partial charge >= 0.3 is 0 Å². The second-order valence-corrected chi connectivity index (χ2v) is 5.34. The van der Waals surface area contributed by atoms with E-state index >= 15 is 0 Å². The summed E-state index contributed by atoms with van der Waals surface area (Å²) in [6.45, 7) is 0.510. The molecule has 0 aromatic carbocycles. The number of carbonyl (C=O) groups excluding carboxylic acids is 1. The molecule has 0 amide bonds. The lowest BCUT2D eigenvalue weighted by molar-refractivity contribution is 0.462. The first-order valence-electron chi connectivity index (χ1n) is 3.88. The van der Waals surface area contributed by atoms with Gasteiger partial charge in [0.05, 0.1) is 9.91 Å². The number of likely N-dealkylation sites (N-methyl/N-ethyl adjacent to an activating group) is 1. The molecule has 0 radical (unpaired) electrons. The second kappa shape index (κ2) is 4.96. The largest absolute Gasteiger partial charge is 0.304 e. The van der Waals surface area contributed by atoms with Crippen molar-refractivity contribution in [2.24, 2.45) is 0 Å². The minimum atomic E-state index is 0.510. The Kier molecular flexibility index (Phi) is 4.17. The predicted octanol–water partition coefficient (Wildman–Crippen LogP) is 2.83. The van der Waals surface area contributed by atoms with Gasteiger partial charge in [0.25, 0.3) is 0 Å². The Morgan fingerprint density at radius 2 is 2.21 bits per heavy atom. The highest BCUT2D eigenvalue weighted by molar-refractivity contribution is 7.20. The lowest BCUT2D eigenvalue weighted by atomic mass is 10.1. The minimum Gasteiger partial charge on any atom is -0.304 e. The van der Waals surface area contributed by atoms with Gasteiger partial charge in [0.15, 0.2) is 0 Å². The average Bonchev–Trinajstić information content (AvgIpc) is 2.41. The molecule has 76 valence electrons. The zero-order chi connectivity index (χ0) is 10.7. The monoisotopic (exact) mass is 249 g/mol. The van der Waals surface area contributed by atoms with Crippen molar-refractivity contribution in [2.75, 3.05) is 20.6 Å². The number of rotatable bonds is 3. The molecule has 0 aliphatic rings. The van der Waals surface area contributed by atoms with Gasteiger partial charge < -0.3 is 4.90 Å². The maximum absolute atomic E-state index is 10.7. The molecule has 1 aromatic heterocycles. The van der Waals surface area contributed by atoms with E-state index in [2.05, 4.69) is 0 Å². The summed E-state index contributed by atoms with van der Waals surface area (Å²) in [5, 5.41) is 0. The molecular weight excluding hydrogens is 241 g/mol. The fourth-order valence-corrected chi connectivity index (χ4v) is 2.55. The summed E-state index contributed by atoms with van der Waals surface area (Å²) in [7, 11) is 3.75. The number of hydrogen-bond acceptors (Lipinski definition) is 3. The third kappa shape index (κ3) is 2.84. The summed E-state index contributed by atoms with van der Waals surface area (Å²) in [6, 6.07) is 1.69. The van der Waals surface area contributed by atoms with Gasteiger partial charge in [-0.05, 0) is 20.2 Å². The molecule has 0 unspecified atom stereocenters. The fraction of sp³-hybridized carbons (Fsp3) is 0.333. The SMILES string of the molecule is CN(C)CC(=C=O)c1cc(Cl)sc1Cl. The minimum absolute atomic E-state index is 0.510. The maximum atomic E-state index is 10.7. The zero-order valence-corrected chi connectivity index (χ0v) is 10.1. The molecule has 0 saturated carbocycles. The Morgan fingerprint density at radius 1 is 1.57 bits per heavy atom. The molecule has 0 bridgehead atoms. The normalized spacial score (nSPS) is 10.4. The third-order valence-corrected chi connectivity index (χ3v) is 3.07. The van der Waals surface area contributed by atoms with Gasteiger partial charge in [0.1, 0.15) is 10.3 Å². The summed E-state index contributed by atoms with van der Waals surface area (Å²) in [6.07, 6.45) is 0. The van der Waals surface area contributed by atoms with E-state index in [1.54, 1.807) is 6.07 Å². The molecule has 0 N–H and O–H groups in total. The van der Waals surface area contributed by atoms with E-state index in [-0.39, 0.29) is 0 Å². The van der Waals surface area contributed by atoms with Crippen LogP contribution in [0.4, 0.5) is 0 Å². The van der Waals surface area contributed by atoms with Gasteiger partial charge in [-0.2, -0.15) is 0 Å². The number of halogens is 2. The van der Waals surface area contributed by atoms with Crippen molar-refractivity contribution in [3.63, 3.8) is 0 Å². The summed E-state index contributed by atoms with van der Waals surface area (Å²) in [5.41, 5.74) is 1.22. The van der Waals surface area contributed by atoms with E-state index in [0.717, 1.165) is 0 Å². The van der Waals surface area contributed by atoms with Crippen molar-refractivity contribution in [1.82, 2.24) is 4.90 Å². The zero-order valence-electron chi connectivity index (χ0n) is 7.80. The van der Waals surface area contributed by atoms with Gasteiger partial charge in [0, 0.05) is 12.1 Å². The Hall–Kier alpha value is -0.310. The summed E-state index contributed by atoms with van der Waals surface area (Å²) < 4.78 is 1.12. The topological polar surface area (TPSA) is 20.3 Å².